The number of sulfonamides is 1. The largest absolute Gasteiger partial charge is 0.455 e. The summed E-state index contributed by atoms with van der Waals surface area (Å²) in [5, 5.41) is 1.57. The molecule has 3 heterocycles. The second kappa shape index (κ2) is 17.8. The number of fused-ring (bicyclic) bond motifs is 1. The Kier molecular flexibility index (Phi) is 15.5. The number of halogens is 1. The quantitative estimate of drug-likeness (QED) is 0.206. The number of nitrogens with zero attached hydrogens (tertiary/aromatic N) is 3. The van der Waals surface area contributed by atoms with Crippen LogP contribution in [0.2, 0.25) is 5.02 Å². The average molecular weight is 913 g/mol. The van der Waals surface area contributed by atoms with E-state index in [4.69, 9.17) is 16.3 Å². The van der Waals surface area contributed by atoms with Crippen molar-refractivity contribution < 1.29 is 116 Å². The Hall–Kier alpha value is -0.548. The molecular weight excluding hydrogens is 877 g/mol. The van der Waals surface area contributed by atoms with E-state index in [9.17, 15) is 13.2 Å². The third-order valence-electron chi connectivity index (χ3n) is 8.37. The number of aromatic amines is 1. The van der Waals surface area contributed by atoms with Crippen molar-refractivity contribution in [2.45, 2.75) is 19.3 Å². The van der Waals surface area contributed by atoms with E-state index in [1.807, 2.05) is 35.1 Å². The normalized spacial score (nSPS) is 16.4. The topological polar surface area (TPSA) is 108 Å². The van der Waals surface area contributed by atoms with Gasteiger partial charge >= 0.3 is 0 Å². The third-order valence-corrected chi connectivity index (χ3v) is 9.18. The molecule has 2 aromatic heterocycles. The van der Waals surface area contributed by atoms with Crippen molar-refractivity contribution in [3.8, 4) is 11.5 Å². The Morgan fingerprint density at radius 2 is 1.75 bits per heavy atom. The Morgan fingerprint density at radius 3 is 2.44 bits per heavy atom. The van der Waals surface area contributed by atoms with Crippen molar-refractivity contribution in [1.82, 2.24) is 19.6 Å². The molecule has 3 radical (unpaired) electrons. The first-order valence-electron chi connectivity index (χ1n) is 14.8. The molecule has 1 aliphatic carbocycles. The Morgan fingerprint density at radius 1 is 1.04 bits per heavy atom. The zero-order chi connectivity index (χ0) is 31.8. The van der Waals surface area contributed by atoms with E-state index in [1.165, 1.54) is 16.7 Å². The number of pyridine rings is 1. The van der Waals surface area contributed by atoms with Crippen LogP contribution in [0.3, 0.4) is 0 Å². The standard InChI is InChI=1S/C34H36ClN5O4S.3Y/c1-34(2)12-10-25(30(20-34)23-4-6-26(35)7-5-23)22-39-14-16-40(17-15-39)27-8-9-29(33(41)38-45(3,42)43)31(19-27)44-28-18-24-11-13-36-32(24)37-21-28;;;/h4-9,11,13,18-19,21H,1-2,10,12,14-17,20,22H2,3H3,(H,36,37)(H,38,41);;;/q-2;;;. The number of anilines is 1. The summed E-state index contributed by atoms with van der Waals surface area (Å²) in [4.78, 5) is 25.1. The van der Waals surface area contributed by atoms with Gasteiger partial charge in [-0.25, -0.2) is 18.1 Å². The number of allylic oxidation sites excluding steroid dienone is 1. The number of benzene rings is 2. The molecule has 2 N–H and O–H groups in total. The van der Waals surface area contributed by atoms with Gasteiger partial charge in [-0.15, -0.1) is 0 Å². The molecule has 6 rings (SSSR count). The van der Waals surface area contributed by atoms with E-state index < -0.39 is 15.9 Å². The number of aromatic nitrogens is 2. The summed E-state index contributed by atoms with van der Waals surface area (Å²) in [5.74, 6) is -0.0776. The van der Waals surface area contributed by atoms with Gasteiger partial charge in [-0.1, -0.05) is 42.1 Å². The second-order valence-corrected chi connectivity index (χ2v) is 14.3. The van der Waals surface area contributed by atoms with Crippen LogP contribution in [0.25, 0.3) is 16.6 Å². The van der Waals surface area contributed by atoms with Gasteiger partial charge < -0.3 is 28.5 Å². The summed E-state index contributed by atoms with van der Waals surface area (Å²) in [6, 6.07) is 17.0. The summed E-state index contributed by atoms with van der Waals surface area (Å²) >= 11 is 6.17. The van der Waals surface area contributed by atoms with Crippen molar-refractivity contribution in [1.29, 1.82) is 0 Å². The maximum Gasteiger partial charge on any atom is 0.268 e. The number of hydrogen-bond acceptors (Lipinski definition) is 7. The molecule has 2 aromatic carbocycles. The van der Waals surface area contributed by atoms with Crippen molar-refractivity contribution in [2.24, 2.45) is 5.41 Å². The minimum absolute atomic E-state index is 0. The third kappa shape index (κ3) is 10.7. The van der Waals surface area contributed by atoms with E-state index in [1.54, 1.807) is 24.5 Å². The number of nitrogens with one attached hydrogen (secondary N) is 2. The number of amides is 1. The second-order valence-electron chi connectivity index (χ2n) is 12.1. The molecule has 14 heteroatoms. The summed E-state index contributed by atoms with van der Waals surface area (Å²) < 4.78 is 31.9. The Balaban J connectivity index is 0.00000208. The minimum Gasteiger partial charge on any atom is -0.455 e. The first-order chi connectivity index (χ1) is 21.4. The van der Waals surface area contributed by atoms with Gasteiger partial charge in [0.05, 0.1) is 18.0 Å². The smallest absolute Gasteiger partial charge is 0.268 e. The number of H-pyrrole nitrogens is 1. The van der Waals surface area contributed by atoms with Gasteiger partial charge in [0.25, 0.3) is 5.91 Å². The van der Waals surface area contributed by atoms with Crippen LogP contribution in [-0.2, 0) is 108 Å². The summed E-state index contributed by atoms with van der Waals surface area (Å²) in [7, 11) is -3.77. The molecule has 0 unspecified atom stereocenters. The molecular formula is C34H36ClN5O4SY3-2. The monoisotopic (exact) mass is 912 g/mol. The summed E-state index contributed by atoms with van der Waals surface area (Å²) in [6.45, 7) is 12.9. The van der Waals surface area contributed by atoms with Gasteiger partial charge in [0, 0.05) is 159 Å². The predicted molar refractivity (Wildman–Crippen MR) is 179 cm³/mol. The number of carbonyl (C=O) groups is 1. The van der Waals surface area contributed by atoms with Crippen molar-refractivity contribution in [3.63, 3.8) is 0 Å². The van der Waals surface area contributed by atoms with Crippen LogP contribution in [0, 0.1) is 19.3 Å². The van der Waals surface area contributed by atoms with Crippen molar-refractivity contribution >= 4 is 49.8 Å². The number of hydrogen-bond donors (Lipinski definition) is 2. The van der Waals surface area contributed by atoms with E-state index in [2.05, 4.69) is 45.7 Å². The van der Waals surface area contributed by atoms with Gasteiger partial charge in [-0.2, -0.15) is 0 Å². The molecule has 0 spiro atoms. The number of carbonyl (C=O) groups excluding carboxylic acids is 1. The van der Waals surface area contributed by atoms with Crippen LogP contribution in [-0.4, -0.2) is 68.2 Å². The first kappa shape index (κ1) is 41.9. The zero-order valence-electron chi connectivity index (χ0n) is 26.9. The van der Waals surface area contributed by atoms with Gasteiger partial charge in [-0.05, 0) is 54.0 Å². The fourth-order valence-electron chi connectivity index (χ4n) is 6.03. The Labute approximate surface area is 363 Å². The number of piperazine rings is 1. The molecule has 1 saturated heterocycles. The van der Waals surface area contributed by atoms with Crippen LogP contribution in [0.4, 0.5) is 5.69 Å². The molecule has 1 aliphatic heterocycles. The number of rotatable bonds is 8. The SMILES string of the molecule is [CH2-]C1([CH2-])CCC(CN2CCN(c3ccc(C(=O)NS(C)(=O)=O)c(Oc4cnc5[nH]ccc5c4)c3)CC2)=C(c2ccc(Cl)cc2)C1.[Y].[Y].[Y]. The predicted octanol–water partition coefficient (Wildman–Crippen LogP) is 6.10. The number of ether oxygens (including phenoxy) is 1. The molecule has 0 atom stereocenters. The van der Waals surface area contributed by atoms with Crippen LogP contribution >= 0.6 is 11.6 Å². The summed E-state index contributed by atoms with van der Waals surface area (Å²) in [6.07, 6.45) is 7.04. The van der Waals surface area contributed by atoms with Crippen LogP contribution in [0.1, 0.15) is 35.2 Å². The van der Waals surface area contributed by atoms with Gasteiger partial charge in [0.15, 0.2) is 0 Å². The summed E-state index contributed by atoms with van der Waals surface area (Å²) in [5.41, 5.74) is 5.41. The van der Waals surface area contributed by atoms with Gasteiger partial charge in [0.2, 0.25) is 10.0 Å². The van der Waals surface area contributed by atoms with E-state index in [0.717, 1.165) is 74.3 Å². The van der Waals surface area contributed by atoms with Crippen LogP contribution in [0.15, 0.2) is 72.6 Å². The molecule has 9 nitrogen and oxygen atoms in total. The molecule has 0 bridgehead atoms. The van der Waals surface area contributed by atoms with Crippen LogP contribution in [0.5, 0.6) is 11.5 Å². The minimum atomic E-state index is -3.77. The Bertz CT molecular complexity index is 1880. The van der Waals surface area contributed by atoms with E-state index in [0.29, 0.717) is 11.4 Å². The van der Waals surface area contributed by atoms with Crippen molar-refractivity contribution in [3.05, 3.63) is 103 Å². The average Bonchev–Trinajstić information content (AvgIpc) is 3.46. The molecule has 2 aliphatic rings. The van der Waals surface area contributed by atoms with Crippen molar-refractivity contribution in [2.75, 3.05) is 43.9 Å². The van der Waals surface area contributed by atoms with Gasteiger partial charge in [-0.3, -0.25) is 15.1 Å². The maximum absolute atomic E-state index is 12.9. The molecule has 0 saturated carbocycles. The molecule has 48 heavy (non-hydrogen) atoms. The van der Waals surface area contributed by atoms with E-state index >= 15 is 0 Å². The first-order valence-corrected chi connectivity index (χ1v) is 17.1. The fraction of sp³-hybridized carbons (Fsp3) is 0.294. The van der Waals surface area contributed by atoms with Gasteiger partial charge in [0.1, 0.15) is 17.1 Å². The molecule has 1 amide bonds. The molecule has 1 fully saturated rings. The maximum atomic E-state index is 12.9. The van der Waals surface area contributed by atoms with E-state index in [-0.39, 0.29) is 115 Å². The zero-order valence-corrected chi connectivity index (χ0v) is 37.0. The molecule has 4 aromatic rings. The molecule has 245 valence electrons. The van der Waals surface area contributed by atoms with Crippen LogP contribution < -0.4 is 14.4 Å². The fourth-order valence-corrected chi connectivity index (χ4v) is 6.60.